The van der Waals surface area contributed by atoms with Gasteiger partial charge in [-0.2, -0.15) is 0 Å². The molecule has 0 spiro atoms. The molecule has 4 aromatic rings. The van der Waals surface area contributed by atoms with Crippen LogP contribution in [0.1, 0.15) is 23.9 Å². The van der Waals surface area contributed by atoms with E-state index in [9.17, 15) is 4.39 Å². The first-order chi connectivity index (χ1) is 16.1. The molecule has 0 radical (unpaired) electrons. The van der Waals surface area contributed by atoms with Gasteiger partial charge in [0.1, 0.15) is 17.2 Å². The quantitative estimate of drug-likeness (QED) is 0.306. The lowest BCUT2D eigenvalue weighted by molar-refractivity contribution is 0.631. The van der Waals surface area contributed by atoms with E-state index in [1.165, 1.54) is 6.07 Å². The highest BCUT2D eigenvalue weighted by molar-refractivity contribution is 5.94. The Labute approximate surface area is 192 Å². The van der Waals surface area contributed by atoms with E-state index in [1.54, 1.807) is 36.7 Å². The van der Waals surface area contributed by atoms with Crippen molar-refractivity contribution in [2.45, 2.75) is 6.92 Å². The van der Waals surface area contributed by atoms with Gasteiger partial charge in [0, 0.05) is 41.2 Å². The van der Waals surface area contributed by atoms with E-state index in [0.29, 0.717) is 22.5 Å². The Morgan fingerprint density at radius 2 is 1.94 bits per heavy atom. The SMILES string of the molecule is C=C/C=C\C(=C/C)c1ccc(NC)c(C(=C)c2nc3c(-c4ccccc4F)cncc3[nH]2)c1. The van der Waals surface area contributed by atoms with Gasteiger partial charge in [0.25, 0.3) is 0 Å². The molecule has 0 saturated heterocycles. The second kappa shape index (κ2) is 9.49. The van der Waals surface area contributed by atoms with Crippen LogP contribution in [0.3, 0.4) is 0 Å². The number of hydrogen-bond donors (Lipinski definition) is 2. The minimum absolute atomic E-state index is 0.313. The molecule has 4 nitrogen and oxygen atoms in total. The summed E-state index contributed by atoms with van der Waals surface area (Å²) >= 11 is 0. The Balaban J connectivity index is 1.81. The number of anilines is 1. The number of pyridine rings is 1. The summed E-state index contributed by atoms with van der Waals surface area (Å²) < 4.78 is 14.5. The zero-order valence-electron chi connectivity index (χ0n) is 18.7. The summed E-state index contributed by atoms with van der Waals surface area (Å²) in [5, 5.41) is 3.23. The van der Waals surface area contributed by atoms with Crippen molar-refractivity contribution in [2.75, 3.05) is 12.4 Å². The third kappa shape index (κ3) is 4.26. The molecule has 2 N–H and O–H groups in total. The molecule has 0 aliphatic rings. The van der Waals surface area contributed by atoms with Gasteiger partial charge >= 0.3 is 0 Å². The summed E-state index contributed by atoms with van der Waals surface area (Å²) in [5.74, 6) is 0.291. The van der Waals surface area contributed by atoms with E-state index in [2.05, 4.69) is 46.7 Å². The van der Waals surface area contributed by atoms with E-state index < -0.39 is 0 Å². The van der Waals surface area contributed by atoms with Crippen LogP contribution in [0.4, 0.5) is 10.1 Å². The Hall–Kier alpha value is -4.25. The minimum Gasteiger partial charge on any atom is -0.388 e. The van der Waals surface area contributed by atoms with Gasteiger partial charge in [-0.25, -0.2) is 9.37 Å². The van der Waals surface area contributed by atoms with Gasteiger partial charge in [0.2, 0.25) is 0 Å². The predicted molar refractivity (Wildman–Crippen MR) is 136 cm³/mol. The van der Waals surface area contributed by atoms with Crippen LogP contribution in [0.5, 0.6) is 0 Å². The smallest absolute Gasteiger partial charge is 0.138 e. The van der Waals surface area contributed by atoms with Crippen LogP contribution in [0.15, 0.2) is 92.3 Å². The number of rotatable bonds is 7. The highest BCUT2D eigenvalue weighted by Gasteiger charge is 2.17. The molecule has 2 aromatic heterocycles. The maximum absolute atomic E-state index is 14.5. The number of aromatic nitrogens is 3. The van der Waals surface area contributed by atoms with Crippen molar-refractivity contribution in [1.82, 2.24) is 15.0 Å². The fraction of sp³-hybridized carbons (Fsp3) is 0.0714. The molecular weight excluding hydrogens is 411 g/mol. The highest BCUT2D eigenvalue weighted by atomic mass is 19.1. The molecule has 4 rings (SSSR count). The first-order valence-electron chi connectivity index (χ1n) is 10.6. The summed E-state index contributed by atoms with van der Waals surface area (Å²) in [5.41, 5.74) is 7.16. The topological polar surface area (TPSA) is 53.6 Å². The summed E-state index contributed by atoms with van der Waals surface area (Å²) in [4.78, 5) is 12.4. The van der Waals surface area contributed by atoms with Crippen LogP contribution in [0.2, 0.25) is 0 Å². The predicted octanol–water partition coefficient (Wildman–Crippen LogP) is 7.01. The molecule has 0 amide bonds. The largest absolute Gasteiger partial charge is 0.388 e. The average molecular weight is 437 g/mol. The summed E-state index contributed by atoms with van der Waals surface area (Å²) in [6, 6.07) is 12.8. The van der Waals surface area contributed by atoms with Crippen LogP contribution in [0, 0.1) is 5.82 Å². The van der Waals surface area contributed by atoms with Crippen molar-refractivity contribution in [2.24, 2.45) is 0 Å². The zero-order chi connectivity index (χ0) is 23.4. The molecule has 0 saturated carbocycles. The maximum atomic E-state index is 14.5. The van der Waals surface area contributed by atoms with Gasteiger partial charge in [-0.15, -0.1) is 0 Å². The van der Waals surface area contributed by atoms with Crippen molar-refractivity contribution in [3.05, 3.63) is 115 Å². The molecule has 0 aliphatic carbocycles. The van der Waals surface area contributed by atoms with E-state index in [0.717, 1.165) is 33.5 Å². The maximum Gasteiger partial charge on any atom is 0.138 e. The number of aromatic amines is 1. The van der Waals surface area contributed by atoms with Crippen molar-refractivity contribution in [1.29, 1.82) is 0 Å². The summed E-state index contributed by atoms with van der Waals surface area (Å²) in [7, 11) is 1.87. The summed E-state index contributed by atoms with van der Waals surface area (Å²) in [6.45, 7) is 10.1. The Bertz CT molecular complexity index is 1410. The molecule has 33 heavy (non-hydrogen) atoms. The molecule has 2 heterocycles. The fourth-order valence-corrected chi connectivity index (χ4v) is 3.80. The van der Waals surface area contributed by atoms with Crippen LogP contribution in [0.25, 0.3) is 33.3 Å². The molecule has 0 bridgehead atoms. The molecule has 0 atom stereocenters. The van der Waals surface area contributed by atoms with Crippen LogP contribution in [-0.4, -0.2) is 22.0 Å². The standard InChI is InChI=1S/C28H25FN4/c1-5-7-10-19(6-2)20-13-14-25(30-4)22(15-20)18(3)28-32-26-17-31-16-23(27(26)33-28)21-11-8-9-12-24(21)29/h5-17,30H,1,3H2,2,4H3,(H,32,33)/b10-7-,19-6+. The average Bonchev–Trinajstić information content (AvgIpc) is 3.29. The Morgan fingerprint density at radius 1 is 1.12 bits per heavy atom. The van der Waals surface area contributed by atoms with Crippen LogP contribution >= 0.6 is 0 Å². The molecular formula is C28H25FN4. The highest BCUT2D eigenvalue weighted by Crippen LogP contribution is 2.33. The number of allylic oxidation sites excluding steroid dienone is 5. The minimum atomic E-state index is -0.313. The number of hydrogen-bond acceptors (Lipinski definition) is 3. The van der Waals surface area contributed by atoms with Gasteiger partial charge in [0.05, 0.1) is 11.7 Å². The Kier molecular flexibility index (Phi) is 6.31. The van der Waals surface area contributed by atoms with Gasteiger partial charge in [0.15, 0.2) is 0 Å². The van der Waals surface area contributed by atoms with E-state index in [4.69, 9.17) is 4.98 Å². The lowest BCUT2D eigenvalue weighted by Crippen LogP contribution is -1.98. The van der Waals surface area contributed by atoms with Crippen molar-refractivity contribution in [3.63, 3.8) is 0 Å². The number of fused-ring (bicyclic) bond motifs is 1. The molecule has 164 valence electrons. The van der Waals surface area contributed by atoms with Gasteiger partial charge in [-0.05, 0) is 36.3 Å². The zero-order valence-corrected chi connectivity index (χ0v) is 18.7. The molecule has 0 aliphatic heterocycles. The van der Waals surface area contributed by atoms with Gasteiger partial charge < -0.3 is 10.3 Å². The summed E-state index contributed by atoms with van der Waals surface area (Å²) in [6.07, 6.45) is 11.1. The van der Waals surface area contributed by atoms with E-state index >= 15 is 0 Å². The number of benzene rings is 2. The normalized spacial score (nSPS) is 11.8. The third-order valence-electron chi connectivity index (χ3n) is 5.51. The molecule has 5 heteroatoms. The number of imidazole rings is 1. The lowest BCUT2D eigenvalue weighted by atomic mass is 9.97. The fourth-order valence-electron chi connectivity index (χ4n) is 3.80. The first kappa shape index (κ1) is 22.0. The van der Waals surface area contributed by atoms with Crippen LogP contribution < -0.4 is 5.32 Å². The Morgan fingerprint density at radius 3 is 2.67 bits per heavy atom. The number of halogens is 1. The van der Waals surface area contributed by atoms with Crippen molar-refractivity contribution < 1.29 is 4.39 Å². The van der Waals surface area contributed by atoms with Crippen molar-refractivity contribution >= 4 is 27.9 Å². The molecule has 2 aromatic carbocycles. The van der Waals surface area contributed by atoms with Gasteiger partial charge in [-0.3, -0.25) is 4.98 Å². The van der Waals surface area contributed by atoms with Gasteiger partial charge in [-0.1, -0.05) is 61.7 Å². The molecule has 0 fully saturated rings. The second-order valence-corrected chi connectivity index (χ2v) is 7.48. The van der Waals surface area contributed by atoms with Crippen LogP contribution in [-0.2, 0) is 0 Å². The number of nitrogens with zero attached hydrogens (tertiary/aromatic N) is 2. The molecule has 0 unspecified atom stereocenters. The van der Waals surface area contributed by atoms with E-state index in [1.807, 2.05) is 32.2 Å². The monoisotopic (exact) mass is 436 g/mol. The number of H-pyrrole nitrogens is 1. The second-order valence-electron chi connectivity index (χ2n) is 7.48. The van der Waals surface area contributed by atoms with Crippen molar-refractivity contribution in [3.8, 4) is 11.1 Å². The number of nitrogens with one attached hydrogen (secondary N) is 2. The van der Waals surface area contributed by atoms with E-state index in [-0.39, 0.29) is 5.82 Å². The third-order valence-corrected chi connectivity index (χ3v) is 5.51. The first-order valence-corrected chi connectivity index (χ1v) is 10.6. The lowest BCUT2D eigenvalue weighted by Gasteiger charge is -2.13.